The lowest BCUT2D eigenvalue weighted by atomic mass is 10.1. The summed E-state index contributed by atoms with van der Waals surface area (Å²) in [5.41, 5.74) is 6.17. The first-order valence-electron chi connectivity index (χ1n) is 5.04. The molecule has 0 aromatic carbocycles. The lowest BCUT2D eigenvalue weighted by Gasteiger charge is -2.11. The van der Waals surface area contributed by atoms with Crippen LogP contribution in [0.4, 0.5) is 5.69 Å². The smallest absolute Gasteiger partial charge is 0.240 e. The molecule has 0 unspecified atom stereocenters. The summed E-state index contributed by atoms with van der Waals surface area (Å²) in [5, 5.41) is 0. The molecule has 1 fully saturated rings. The molecule has 76 valence electrons. The van der Waals surface area contributed by atoms with Gasteiger partial charge in [0.2, 0.25) is 5.88 Å². The maximum atomic E-state index is 5.66. The van der Waals surface area contributed by atoms with Gasteiger partial charge in [0.15, 0.2) is 0 Å². The van der Waals surface area contributed by atoms with Crippen LogP contribution in [0.1, 0.15) is 25.7 Å². The largest absolute Gasteiger partial charge is 0.476 e. The molecule has 4 heteroatoms. The minimum Gasteiger partial charge on any atom is -0.476 e. The molecule has 1 heterocycles. The molecular formula is C10H15N3O. The van der Waals surface area contributed by atoms with E-state index in [4.69, 9.17) is 10.5 Å². The molecule has 4 nitrogen and oxygen atoms in total. The Hall–Kier alpha value is -1.32. The van der Waals surface area contributed by atoms with Crippen LogP contribution in [-0.4, -0.2) is 16.6 Å². The molecule has 1 aliphatic carbocycles. The zero-order valence-electron chi connectivity index (χ0n) is 8.15. The fourth-order valence-corrected chi connectivity index (χ4v) is 1.82. The van der Waals surface area contributed by atoms with Crippen LogP contribution < -0.4 is 10.5 Å². The fraction of sp³-hybridized carbons (Fsp3) is 0.600. The van der Waals surface area contributed by atoms with Gasteiger partial charge in [-0.1, -0.05) is 12.8 Å². The second-order valence-electron chi connectivity index (χ2n) is 3.74. The number of anilines is 1. The SMILES string of the molecule is Nc1cncnc1OCC1CCCC1. The Labute approximate surface area is 83.5 Å². The number of nitrogen functional groups attached to an aromatic ring is 1. The van der Waals surface area contributed by atoms with Crippen molar-refractivity contribution in [3.8, 4) is 5.88 Å². The van der Waals surface area contributed by atoms with Crippen molar-refractivity contribution in [2.24, 2.45) is 5.92 Å². The van der Waals surface area contributed by atoms with E-state index in [-0.39, 0.29) is 0 Å². The topological polar surface area (TPSA) is 61.0 Å². The highest BCUT2D eigenvalue weighted by atomic mass is 16.5. The van der Waals surface area contributed by atoms with Crippen molar-refractivity contribution < 1.29 is 4.74 Å². The van der Waals surface area contributed by atoms with Crippen molar-refractivity contribution >= 4 is 5.69 Å². The molecule has 2 rings (SSSR count). The van der Waals surface area contributed by atoms with E-state index in [2.05, 4.69) is 9.97 Å². The highest BCUT2D eigenvalue weighted by molar-refractivity contribution is 5.44. The second kappa shape index (κ2) is 4.26. The molecular weight excluding hydrogens is 178 g/mol. The number of nitrogens with two attached hydrogens (primary N) is 1. The average molecular weight is 193 g/mol. The van der Waals surface area contributed by atoms with Crippen LogP contribution in [0.25, 0.3) is 0 Å². The van der Waals surface area contributed by atoms with Crippen LogP contribution in [-0.2, 0) is 0 Å². The first kappa shape index (κ1) is 9.24. The normalized spacial score (nSPS) is 17.1. The molecule has 0 spiro atoms. The van der Waals surface area contributed by atoms with Crippen molar-refractivity contribution in [1.29, 1.82) is 0 Å². The average Bonchev–Trinajstić information content (AvgIpc) is 2.69. The van der Waals surface area contributed by atoms with E-state index < -0.39 is 0 Å². The van der Waals surface area contributed by atoms with Gasteiger partial charge < -0.3 is 10.5 Å². The van der Waals surface area contributed by atoms with E-state index in [1.54, 1.807) is 6.20 Å². The van der Waals surface area contributed by atoms with E-state index >= 15 is 0 Å². The summed E-state index contributed by atoms with van der Waals surface area (Å²) in [4.78, 5) is 7.79. The Bertz CT molecular complexity index is 297. The summed E-state index contributed by atoms with van der Waals surface area (Å²) in [6.07, 6.45) is 8.22. The quantitative estimate of drug-likeness (QED) is 0.792. The summed E-state index contributed by atoms with van der Waals surface area (Å²) in [7, 11) is 0. The summed E-state index contributed by atoms with van der Waals surface area (Å²) >= 11 is 0. The monoisotopic (exact) mass is 193 g/mol. The van der Waals surface area contributed by atoms with E-state index in [0.29, 0.717) is 17.5 Å². The zero-order valence-corrected chi connectivity index (χ0v) is 8.15. The molecule has 0 radical (unpaired) electrons. The molecule has 1 saturated carbocycles. The first-order valence-corrected chi connectivity index (χ1v) is 5.04. The predicted molar refractivity (Wildman–Crippen MR) is 53.9 cm³/mol. The van der Waals surface area contributed by atoms with Crippen molar-refractivity contribution in [3.63, 3.8) is 0 Å². The van der Waals surface area contributed by atoms with E-state index in [0.717, 1.165) is 6.61 Å². The highest BCUT2D eigenvalue weighted by Gasteiger charge is 2.16. The molecule has 0 aliphatic heterocycles. The van der Waals surface area contributed by atoms with Crippen molar-refractivity contribution in [3.05, 3.63) is 12.5 Å². The maximum Gasteiger partial charge on any atom is 0.240 e. The van der Waals surface area contributed by atoms with Gasteiger partial charge in [0.25, 0.3) is 0 Å². The fourth-order valence-electron chi connectivity index (χ4n) is 1.82. The highest BCUT2D eigenvalue weighted by Crippen LogP contribution is 2.26. The Morgan fingerprint density at radius 3 is 2.93 bits per heavy atom. The van der Waals surface area contributed by atoms with Crippen molar-refractivity contribution in [2.45, 2.75) is 25.7 Å². The summed E-state index contributed by atoms with van der Waals surface area (Å²) in [6.45, 7) is 0.737. The van der Waals surface area contributed by atoms with Gasteiger partial charge in [-0.3, -0.25) is 0 Å². The second-order valence-corrected chi connectivity index (χ2v) is 3.74. The van der Waals surface area contributed by atoms with Crippen LogP contribution in [0.5, 0.6) is 5.88 Å². The van der Waals surface area contributed by atoms with Crippen LogP contribution in [0.15, 0.2) is 12.5 Å². The lowest BCUT2D eigenvalue weighted by molar-refractivity contribution is 0.244. The molecule has 0 bridgehead atoms. The van der Waals surface area contributed by atoms with Crippen LogP contribution in [0, 0.1) is 5.92 Å². The van der Waals surface area contributed by atoms with Gasteiger partial charge in [0, 0.05) is 0 Å². The number of hydrogen-bond donors (Lipinski definition) is 1. The number of hydrogen-bond acceptors (Lipinski definition) is 4. The molecule has 2 N–H and O–H groups in total. The van der Waals surface area contributed by atoms with E-state index in [1.807, 2.05) is 0 Å². The first-order chi connectivity index (χ1) is 6.86. The summed E-state index contributed by atoms with van der Waals surface area (Å²) < 4.78 is 5.54. The van der Waals surface area contributed by atoms with E-state index in [1.165, 1.54) is 32.0 Å². The van der Waals surface area contributed by atoms with Gasteiger partial charge >= 0.3 is 0 Å². The number of ether oxygens (including phenoxy) is 1. The number of rotatable bonds is 3. The van der Waals surface area contributed by atoms with Gasteiger partial charge in [0.05, 0.1) is 12.8 Å². The third kappa shape index (κ3) is 2.13. The van der Waals surface area contributed by atoms with Gasteiger partial charge in [-0.2, -0.15) is 0 Å². The van der Waals surface area contributed by atoms with E-state index in [9.17, 15) is 0 Å². The minimum absolute atomic E-state index is 0.519. The number of nitrogens with zero attached hydrogens (tertiary/aromatic N) is 2. The van der Waals surface area contributed by atoms with Crippen LogP contribution in [0.2, 0.25) is 0 Å². The molecule has 14 heavy (non-hydrogen) atoms. The van der Waals surface area contributed by atoms with Gasteiger partial charge in [-0.05, 0) is 18.8 Å². The molecule has 0 saturated heterocycles. The molecule has 1 aromatic heterocycles. The zero-order chi connectivity index (χ0) is 9.80. The third-order valence-corrected chi connectivity index (χ3v) is 2.63. The molecule has 1 aliphatic rings. The Morgan fingerprint density at radius 1 is 1.43 bits per heavy atom. The standard InChI is InChI=1S/C10H15N3O/c11-9-5-12-7-13-10(9)14-6-8-3-1-2-4-8/h5,7-8H,1-4,6,11H2. The Balaban J connectivity index is 1.88. The summed E-state index contributed by atoms with van der Waals surface area (Å²) in [6, 6.07) is 0. The molecule has 1 aromatic rings. The van der Waals surface area contributed by atoms with Gasteiger partial charge in [-0.25, -0.2) is 9.97 Å². The van der Waals surface area contributed by atoms with Crippen LogP contribution in [0.3, 0.4) is 0 Å². The Morgan fingerprint density at radius 2 is 2.21 bits per heavy atom. The predicted octanol–water partition coefficient (Wildman–Crippen LogP) is 1.63. The number of aromatic nitrogens is 2. The van der Waals surface area contributed by atoms with Crippen molar-refractivity contribution in [1.82, 2.24) is 9.97 Å². The van der Waals surface area contributed by atoms with Gasteiger partial charge in [0.1, 0.15) is 12.0 Å². The van der Waals surface area contributed by atoms with Crippen LogP contribution >= 0.6 is 0 Å². The maximum absolute atomic E-state index is 5.66. The Kier molecular flexibility index (Phi) is 2.81. The summed E-state index contributed by atoms with van der Waals surface area (Å²) in [5.74, 6) is 1.20. The minimum atomic E-state index is 0.519. The van der Waals surface area contributed by atoms with Crippen molar-refractivity contribution in [2.75, 3.05) is 12.3 Å². The third-order valence-electron chi connectivity index (χ3n) is 2.63. The van der Waals surface area contributed by atoms with Gasteiger partial charge in [-0.15, -0.1) is 0 Å². The lowest BCUT2D eigenvalue weighted by Crippen LogP contribution is -2.10. The molecule has 0 atom stereocenters. The molecule has 0 amide bonds.